The Morgan fingerprint density at radius 2 is 2.05 bits per heavy atom. The molecule has 1 fully saturated rings. The Kier molecular flexibility index (Phi) is 3.51. The van der Waals surface area contributed by atoms with Crippen LogP contribution in [0.5, 0.6) is 0 Å². The number of rotatable bonds is 1. The highest BCUT2D eigenvalue weighted by Crippen LogP contribution is 2.32. The molecule has 0 aliphatic carbocycles. The smallest absolute Gasteiger partial charge is 0.256 e. The summed E-state index contributed by atoms with van der Waals surface area (Å²) in [5, 5.41) is 1.85. The maximum Gasteiger partial charge on any atom is 0.256 e. The average molecular weight is 299 g/mol. The largest absolute Gasteiger partial charge is 0.381 e. The second-order valence-corrected chi connectivity index (χ2v) is 6.41. The highest BCUT2D eigenvalue weighted by atomic mass is 16.5. The number of hydrogen-bond donors (Lipinski definition) is 1. The van der Waals surface area contributed by atoms with Crippen molar-refractivity contribution in [2.45, 2.75) is 38.9 Å². The van der Waals surface area contributed by atoms with Crippen molar-refractivity contribution in [3.63, 3.8) is 0 Å². The normalized spacial score (nSPS) is 22.7. The minimum absolute atomic E-state index is 0.0186. The molecule has 1 unspecified atom stereocenters. The predicted molar refractivity (Wildman–Crippen MR) is 85.1 cm³/mol. The fraction of sp³-hybridized carbons (Fsp3) is 0.500. The molecule has 116 valence electrons. The maximum absolute atomic E-state index is 12.4. The van der Waals surface area contributed by atoms with Crippen LogP contribution in [0.4, 0.5) is 0 Å². The van der Waals surface area contributed by atoms with Gasteiger partial charge in [0.1, 0.15) is 0 Å². The van der Waals surface area contributed by atoms with Crippen molar-refractivity contribution in [2.24, 2.45) is 5.92 Å². The molecule has 4 heteroatoms. The van der Waals surface area contributed by atoms with Gasteiger partial charge in [-0.1, -0.05) is 12.1 Å². The van der Waals surface area contributed by atoms with Gasteiger partial charge in [-0.15, -0.1) is 0 Å². The summed E-state index contributed by atoms with van der Waals surface area (Å²) in [7, 11) is 0. The van der Waals surface area contributed by atoms with E-state index in [2.05, 4.69) is 18.0 Å². The molecule has 4 nitrogen and oxygen atoms in total. The first-order chi connectivity index (χ1) is 10.7. The SMILES string of the molecule is Cc1cccc2c(=O)[nH]c3c(c12)COC(C1CCOCC1)C3. The lowest BCUT2D eigenvalue weighted by Gasteiger charge is -2.34. The fourth-order valence-electron chi connectivity index (χ4n) is 3.86. The van der Waals surface area contributed by atoms with E-state index in [1.165, 1.54) is 0 Å². The molecule has 1 atom stereocenters. The molecule has 1 aromatic carbocycles. The van der Waals surface area contributed by atoms with E-state index >= 15 is 0 Å². The van der Waals surface area contributed by atoms with Gasteiger partial charge in [-0.2, -0.15) is 0 Å². The van der Waals surface area contributed by atoms with Crippen LogP contribution >= 0.6 is 0 Å². The van der Waals surface area contributed by atoms with E-state index in [0.29, 0.717) is 12.5 Å². The van der Waals surface area contributed by atoms with Gasteiger partial charge in [0, 0.05) is 36.3 Å². The molecule has 2 aromatic rings. The molecule has 0 amide bonds. The Labute approximate surface area is 129 Å². The molecule has 2 aliphatic heterocycles. The third-order valence-corrected chi connectivity index (χ3v) is 5.09. The number of H-pyrrole nitrogens is 1. The molecule has 0 radical (unpaired) electrons. The molecular formula is C18H21NO3. The number of pyridine rings is 1. The summed E-state index contributed by atoms with van der Waals surface area (Å²) in [6, 6.07) is 5.90. The number of aryl methyl sites for hydroxylation is 1. The number of aromatic amines is 1. The minimum atomic E-state index is 0.0186. The Morgan fingerprint density at radius 3 is 2.86 bits per heavy atom. The first kappa shape index (κ1) is 14.0. The van der Waals surface area contributed by atoms with Crippen molar-refractivity contribution >= 4 is 10.8 Å². The molecule has 2 aliphatic rings. The molecule has 0 saturated carbocycles. The zero-order valence-electron chi connectivity index (χ0n) is 12.9. The first-order valence-electron chi connectivity index (χ1n) is 8.07. The van der Waals surface area contributed by atoms with Crippen LogP contribution in [0.2, 0.25) is 0 Å². The second kappa shape index (κ2) is 5.52. The highest BCUT2D eigenvalue weighted by molar-refractivity contribution is 5.88. The van der Waals surface area contributed by atoms with E-state index in [9.17, 15) is 4.79 Å². The Bertz CT molecular complexity index is 759. The summed E-state index contributed by atoms with van der Waals surface area (Å²) in [5.41, 5.74) is 3.39. The van der Waals surface area contributed by atoms with Gasteiger partial charge in [0.2, 0.25) is 0 Å². The third kappa shape index (κ3) is 2.27. The summed E-state index contributed by atoms with van der Waals surface area (Å²) in [6.07, 6.45) is 3.11. The average Bonchev–Trinajstić information content (AvgIpc) is 2.55. The quantitative estimate of drug-likeness (QED) is 0.881. The molecule has 1 saturated heterocycles. The zero-order chi connectivity index (χ0) is 15.1. The van der Waals surface area contributed by atoms with Gasteiger partial charge in [0.05, 0.1) is 12.7 Å². The van der Waals surface area contributed by atoms with Gasteiger partial charge in [-0.3, -0.25) is 4.79 Å². The van der Waals surface area contributed by atoms with Gasteiger partial charge in [0.25, 0.3) is 5.56 Å². The summed E-state index contributed by atoms with van der Waals surface area (Å²) >= 11 is 0. The number of ether oxygens (including phenoxy) is 2. The molecule has 0 bridgehead atoms. The van der Waals surface area contributed by atoms with Gasteiger partial charge in [-0.05, 0) is 42.7 Å². The van der Waals surface area contributed by atoms with Crippen LogP contribution in [0.1, 0.15) is 29.7 Å². The molecule has 22 heavy (non-hydrogen) atoms. The van der Waals surface area contributed by atoms with Crippen molar-refractivity contribution in [1.29, 1.82) is 0 Å². The van der Waals surface area contributed by atoms with Crippen LogP contribution < -0.4 is 5.56 Å². The molecule has 4 rings (SSSR count). The number of hydrogen-bond acceptors (Lipinski definition) is 3. The maximum atomic E-state index is 12.4. The van der Waals surface area contributed by atoms with Crippen molar-refractivity contribution in [3.8, 4) is 0 Å². The Morgan fingerprint density at radius 1 is 1.23 bits per heavy atom. The molecule has 1 N–H and O–H groups in total. The lowest BCUT2D eigenvalue weighted by molar-refractivity contribution is -0.0484. The fourth-order valence-corrected chi connectivity index (χ4v) is 3.86. The Balaban J connectivity index is 1.75. The van der Waals surface area contributed by atoms with E-state index in [-0.39, 0.29) is 11.7 Å². The highest BCUT2D eigenvalue weighted by Gasteiger charge is 2.30. The van der Waals surface area contributed by atoms with E-state index in [1.54, 1.807) is 0 Å². The van der Waals surface area contributed by atoms with Crippen molar-refractivity contribution in [3.05, 3.63) is 45.4 Å². The van der Waals surface area contributed by atoms with E-state index in [0.717, 1.165) is 60.1 Å². The topological polar surface area (TPSA) is 51.3 Å². The van der Waals surface area contributed by atoms with E-state index < -0.39 is 0 Å². The van der Waals surface area contributed by atoms with Crippen LogP contribution in [-0.4, -0.2) is 24.3 Å². The van der Waals surface area contributed by atoms with Crippen molar-refractivity contribution in [1.82, 2.24) is 4.98 Å². The summed E-state index contributed by atoms with van der Waals surface area (Å²) in [4.78, 5) is 15.5. The number of benzene rings is 1. The molecule has 1 aromatic heterocycles. The van der Waals surface area contributed by atoms with Crippen LogP contribution in [0.15, 0.2) is 23.0 Å². The zero-order valence-corrected chi connectivity index (χ0v) is 12.9. The monoisotopic (exact) mass is 299 g/mol. The van der Waals surface area contributed by atoms with Crippen LogP contribution in [0.25, 0.3) is 10.8 Å². The van der Waals surface area contributed by atoms with Crippen LogP contribution in [0, 0.1) is 12.8 Å². The van der Waals surface area contributed by atoms with Gasteiger partial charge >= 0.3 is 0 Å². The number of nitrogens with one attached hydrogen (secondary N) is 1. The van der Waals surface area contributed by atoms with Crippen LogP contribution in [0.3, 0.4) is 0 Å². The van der Waals surface area contributed by atoms with Gasteiger partial charge in [0.15, 0.2) is 0 Å². The first-order valence-corrected chi connectivity index (χ1v) is 8.07. The van der Waals surface area contributed by atoms with Crippen molar-refractivity contribution < 1.29 is 9.47 Å². The third-order valence-electron chi connectivity index (χ3n) is 5.09. The Hall–Kier alpha value is -1.65. The molecule has 3 heterocycles. The van der Waals surface area contributed by atoms with E-state index in [4.69, 9.17) is 9.47 Å². The summed E-state index contributed by atoms with van der Waals surface area (Å²) in [6.45, 7) is 4.30. The summed E-state index contributed by atoms with van der Waals surface area (Å²) < 4.78 is 11.6. The standard InChI is InChI=1S/C18H21NO3/c1-11-3-2-4-13-17(11)14-10-22-16(9-15(14)19-18(13)20)12-5-7-21-8-6-12/h2-4,12,16H,5-10H2,1H3,(H,19,20). The second-order valence-electron chi connectivity index (χ2n) is 6.41. The number of fused-ring (bicyclic) bond motifs is 3. The summed E-state index contributed by atoms with van der Waals surface area (Å²) in [5.74, 6) is 0.540. The number of aromatic nitrogens is 1. The van der Waals surface area contributed by atoms with E-state index in [1.807, 2.05) is 12.1 Å². The van der Waals surface area contributed by atoms with Crippen molar-refractivity contribution in [2.75, 3.05) is 13.2 Å². The lowest BCUT2D eigenvalue weighted by Crippen LogP contribution is -2.35. The van der Waals surface area contributed by atoms with Gasteiger partial charge in [-0.25, -0.2) is 0 Å². The minimum Gasteiger partial charge on any atom is -0.381 e. The van der Waals surface area contributed by atoms with Crippen LogP contribution in [-0.2, 0) is 22.5 Å². The molecule has 0 spiro atoms. The molecular weight excluding hydrogens is 278 g/mol. The predicted octanol–water partition coefficient (Wildman–Crippen LogP) is 2.70. The lowest BCUT2D eigenvalue weighted by atomic mass is 9.87. The van der Waals surface area contributed by atoms with Gasteiger partial charge < -0.3 is 14.5 Å².